The van der Waals surface area contributed by atoms with E-state index in [-0.39, 0.29) is 6.42 Å². The zero-order valence-electron chi connectivity index (χ0n) is 8.78. The van der Waals surface area contributed by atoms with Gasteiger partial charge in [-0.1, -0.05) is 36.4 Å². The quantitative estimate of drug-likeness (QED) is 0.836. The van der Waals surface area contributed by atoms with Crippen molar-refractivity contribution >= 4 is 5.97 Å². The average molecular weight is 215 g/mol. The van der Waals surface area contributed by atoms with Crippen molar-refractivity contribution in [3.8, 4) is 0 Å². The Morgan fingerprint density at radius 3 is 1.94 bits per heavy atom. The van der Waals surface area contributed by atoms with E-state index in [1.807, 2.05) is 36.4 Å². The fraction of sp³-hybridized carbons (Fsp3) is 0.0769. The molecule has 2 rings (SSSR count). The van der Waals surface area contributed by atoms with Gasteiger partial charge in [0.15, 0.2) is 0 Å². The van der Waals surface area contributed by atoms with Gasteiger partial charge in [-0.15, -0.1) is 0 Å². The minimum Gasteiger partial charge on any atom is -0.481 e. The lowest BCUT2D eigenvalue weighted by Crippen LogP contribution is -1.98. The number of carbonyl (C=O) groups is 1. The average Bonchev–Trinajstić information content (AvgIpc) is 2.32. The highest BCUT2D eigenvalue weighted by Crippen LogP contribution is 1.98. The van der Waals surface area contributed by atoms with Gasteiger partial charge in [0, 0.05) is 12.4 Å². The van der Waals surface area contributed by atoms with Gasteiger partial charge in [0.25, 0.3) is 0 Å². The third-order valence-corrected chi connectivity index (χ3v) is 1.76. The first kappa shape index (κ1) is 11.9. The molecule has 0 radical (unpaired) electrons. The first-order chi connectivity index (χ1) is 7.79. The molecule has 0 bridgehead atoms. The maximum atomic E-state index is 10.2. The van der Waals surface area contributed by atoms with Crippen LogP contribution in [0, 0.1) is 0 Å². The van der Waals surface area contributed by atoms with Gasteiger partial charge in [-0.2, -0.15) is 0 Å². The first-order valence-corrected chi connectivity index (χ1v) is 4.90. The van der Waals surface area contributed by atoms with Crippen molar-refractivity contribution < 1.29 is 9.90 Å². The normalized spacial score (nSPS) is 8.75. The zero-order valence-corrected chi connectivity index (χ0v) is 8.78. The molecule has 0 aliphatic carbocycles. The van der Waals surface area contributed by atoms with Crippen molar-refractivity contribution in [2.45, 2.75) is 6.42 Å². The summed E-state index contributed by atoms with van der Waals surface area (Å²) in [4.78, 5) is 14.0. The summed E-state index contributed by atoms with van der Waals surface area (Å²) in [5, 5.41) is 8.37. The Labute approximate surface area is 94.4 Å². The fourth-order valence-corrected chi connectivity index (χ4v) is 1.08. The minimum atomic E-state index is -0.786. The van der Waals surface area contributed by atoms with E-state index in [1.165, 1.54) is 0 Å². The lowest BCUT2D eigenvalue weighted by molar-refractivity contribution is -0.136. The lowest BCUT2D eigenvalue weighted by atomic mass is 10.2. The number of aliphatic carboxylic acids is 1. The number of benzene rings is 1. The van der Waals surface area contributed by atoms with Crippen LogP contribution in [-0.2, 0) is 11.2 Å². The summed E-state index contributed by atoms with van der Waals surface area (Å²) in [5.41, 5.74) is 0.843. The summed E-state index contributed by atoms with van der Waals surface area (Å²) in [6, 6.07) is 14.8. The molecular formula is C13H13NO2. The Balaban J connectivity index is 0.000000181. The summed E-state index contributed by atoms with van der Waals surface area (Å²) >= 11 is 0. The summed E-state index contributed by atoms with van der Waals surface area (Å²) < 4.78 is 0. The summed E-state index contributed by atoms with van der Waals surface area (Å²) in [6.45, 7) is 0. The molecule has 0 saturated carbocycles. The predicted molar refractivity (Wildman–Crippen MR) is 62.0 cm³/mol. The van der Waals surface area contributed by atoms with E-state index in [9.17, 15) is 4.79 Å². The van der Waals surface area contributed by atoms with Crippen LogP contribution >= 0.6 is 0 Å². The predicted octanol–water partition coefficient (Wildman–Crippen LogP) is 2.40. The topological polar surface area (TPSA) is 50.2 Å². The summed E-state index contributed by atoms with van der Waals surface area (Å²) in [7, 11) is 0. The number of nitrogens with zero attached hydrogens (tertiary/aromatic N) is 1. The van der Waals surface area contributed by atoms with Crippen LogP contribution in [0.4, 0.5) is 0 Å². The smallest absolute Gasteiger partial charge is 0.307 e. The van der Waals surface area contributed by atoms with Crippen LogP contribution in [0.5, 0.6) is 0 Å². The van der Waals surface area contributed by atoms with Gasteiger partial charge >= 0.3 is 5.97 Å². The van der Waals surface area contributed by atoms with Crippen molar-refractivity contribution in [2.75, 3.05) is 0 Å². The van der Waals surface area contributed by atoms with Gasteiger partial charge in [-0.05, 0) is 17.7 Å². The van der Waals surface area contributed by atoms with Crippen LogP contribution in [0.15, 0.2) is 60.9 Å². The van der Waals surface area contributed by atoms with Crippen LogP contribution < -0.4 is 0 Å². The second-order valence-corrected chi connectivity index (χ2v) is 3.08. The van der Waals surface area contributed by atoms with Gasteiger partial charge in [-0.3, -0.25) is 9.78 Å². The monoisotopic (exact) mass is 215 g/mol. The van der Waals surface area contributed by atoms with Gasteiger partial charge in [0.2, 0.25) is 0 Å². The molecule has 1 N–H and O–H groups in total. The molecular weight excluding hydrogens is 202 g/mol. The van der Waals surface area contributed by atoms with E-state index >= 15 is 0 Å². The second kappa shape index (κ2) is 7.17. The Morgan fingerprint density at radius 2 is 1.56 bits per heavy atom. The third-order valence-electron chi connectivity index (χ3n) is 1.76. The van der Waals surface area contributed by atoms with Crippen LogP contribution in [0.25, 0.3) is 0 Å². The van der Waals surface area contributed by atoms with E-state index in [2.05, 4.69) is 4.98 Å². The van der Waals surface area contributed by atoms with E-state index in [0.29, 0.717) is 0 Å². The number of carboxylic acids is 1. The SMILES string of the molecule is O=C(O)Cc1ccccc1.c1ccncc1. The van der Waals surface area contributed by atoms with Crippen molar-refractivity contribution in [3.05, 3.63) is 66.5 Å². The number of carboxylic acid groups (broad SMARTS) is 1. The van der Waals surface area contributed by atoms with E-state index < -0.39 is 5.97 Å². The van der Waals surface area contributed by atoms with Gasteiger partial charge in [0.1, 0.15) is 0 Å². The Morgan fingerprint density at radius 1 is 1.00 bits per heavy atom. The number of hydrogen-bond acceptors (Lipinski definition) is 2. The van der Waals surface area contributed by atoms with Gasteiger partial charge in [0.05, 0.1) is 6.42 Å². The third kappa shape index (κ3) is 5.54. The van der Waals surface area contributed by atoms with E-state index in [1.54, 1.807) is 24.5 Å². The number of hydrogen-bond donors (Lipinski definition) is 1. The van der Waals surface area contributed by atoms with Gasteiger partial charge < -0.3 is 5.11 Å². The van der Waals surface area contributed by atoms with Crippen LogP contribution in [-0.4, -0.2) is 16.1 Å². The number of pyridine rings is 1. The molecule has 16 heavy (non-hydrogen) atoms. The van der Waals surface area contributed by atoms with Gasteiger partial charge in [-0.25, -0.2) is 0 Å². The second-order valence-electron chi connectivity index (χ2n) is 3.08. The highest BCUT2D eigenvalue weighted by molar-refractivity contribution is 5.70. The van der Waals surface area contributed by atoms with Crippen molar-refractivity contribution in [3.63, 3.8) is 0 Å². The van der Waals surface area contributed by atoms with Crippen molar-refractivity contribution in [1.82, 2.24) is 4.98 Å². The van der Waals surface area contributed by atoms with E-state index in [4.69, 9.17) is 5.11 Å². The molecule has 0 aliphatic heterocycles. The highest BCUT2D eigenvalue weighted by Gasteiger charge is 1.96. The van der Waals surface area contributed by atoms with Crippen LogP contribution in [0.3, 0.4) is 0 Å². The molecule has 2 aromatic rings. The molecule has 1 aromatic heterocycles. The lowest BCUT2D eigenvalue weighted by Gasteiger charge is -1.92. The Bertz CT molecular complexity index is 374. The summed E-state index contributed by atoms with van der Waals surface area (Å²) in [6.07, 6.45) is 3.61. The molecule has 0 aliphatic rings. The Kier molecular flexibility index (Phi) is 5.34. The molecule has 0 saturated heterocycles. The van der Waals surface area contributed by atoms with Crippen molar-refractivity contribution in [2.24, 2.45) is 0 Å². The highest BCUT2D eigenvalue weighted by atomic mass is 16.4. The summed E-state index contributed by atoms with van der Waals surface area (Å²) in [5.74, 6) is -0.786. The number of aromatic nitrogens is 1. The van der Waals surface area contributed by atoms with Crippen LogP contribution in [0.2, 0.25) is 0 Å². The molecule has 0 unspecified atom stereocenters. The molecule has 0 amide bonds. The molecule has 1 aromatic carbocycles. The van der Waals surface area contributed by atoms with E-state index in [0.717, 1.165) is 5.56 Å². The molecule has 1 heterocycles. The maximum Gasteiger partial charge on any atom is 0.307 e. The molecule has 0 fully saturated rings. The minimum absolute atomic E-state index is 0.112. The largest absolute Gasteiger partial charge is 0.481 e. The fourth-order valence-electron chi connectivity index (χ4n) is 1.08. The maximum absolute atomic E-state index is 10.2. The standard InChI is InChI=1S/C8H8O2.C5H5N/c9-8(10)6-7-4-2-1-3-5-7;1-2-4-6-5-3-1/h1-5H,6H2,(H,9,10);1-5H. The first-order valence-electron chi connectivity index (χ1n) is 4.90. The Hall–Kier alpha value is -2.16. The zero-order chi connectivity index (χ0) is 11.6. The van der Waals surface area contributed by atoms with Crippen molar-refractivity contribution in [1.29, 1.82) is 0 Å². The number of rotatable bonds is 2. The molecule has 3 heteroatoms. The molecule has 0 spiro atoms. The van der Waals surface area contributed by atoms with Crippen LogP contribution in [0.1, 0.15) is 5.56 Å². The molecule has 82 valence electrons. The molecule has 3 nitrogen and oxygen atoms in total. The molecule has 0 atom stereocenters.